The van der Waals surface area contributed by atoms with Crippen LogP contribution in [0.2, 0.25) is 0 Å². The highest BCUT2D eigenvalue weighted by atomic mass is 16.5. The molecule has 0 spiro atoms. The van der Waals surface area contributed by atoms with Crippen LogP contribution in [0.25, 0.3) is 0 Å². The van der Waals surface area contributed by atoms with Crippen LogP contribution in [0.4, 0.5) is 0 Å². The summed E-state index contributed by atoms with van der Waals surface area (Å²) in [4.78, 5) is 10.6. The molecule has 0 saturated carbocycles. The van der Waals surface area contributed by atoms with Gasteiger partial charge in [-0.25, -0.2) is 4.79 Å². The van der Waals surface area contributed by atoms with Crippen molar-refractivity contribution in [2.24, 2.45) is 0 Å². The van der Waals surface area contributed by atoms with Crippen molar-refractivity contribution >= 4 is 5.97 Å². The van der Waals surface area contributed by atoms with Gasteiger partial charge in [0.1, 0.15) is 0 Å². The largest absolute Gasteiger partial charge is 0.463 e. The molecule has 0 aliphatic rings. The van der Waals surface area contributed by atoms with E-state index in [0.29, 0.717) is 6.61 Å². The fourth-order valence-electron chi connectivity index (χ4n) is 0.467. The molecule has 0 radical (unpaired) electrons. The van der Waals surface area contributed by atoms with E-state index in [9.17, 15) is 4.79 Å². The summed E-state index contributed by atoms with van der Waals surface area (Å²) in [6.07, 6.45) is 8.05. The van der Waals surface area contributed by atoms with Crippen LogP contribution in [0.15, 0.2) is 37.0 Å². The highest BCUT2D eigenvalue weighted by Crippen LogP contribution is 1.82. The monoisotopic (exact) mass is 152 g/mol. The van der Waals surface area contributed by atoms with Crippen molar-refractivity contribution in [2.45, 2.75) is 6.92 Å². The van der Waals surface area contributed by atoms with Crippen molar-refractivity contribution in [1.29, 1.82) is 0 Å². The molecule has 2 nitrogen and oxygen atoms in total. The molecule has 0 heterocycles. The number of hydrogen-bond donors (Lipinski definition) is 0. The molecule has 11 heavy (non-hydrogen) atoms. The summed E-state index contributed by atoms with van der Waals surface area (Å²) in [5.41, 5.74) is 0. The molecule has 0 rings (SSSR count). The third kappa shape index (κ3) is 6.58. The van der Waals surface area contributed by atoms with Gasteiger partial charge in [-0.05, 0) is 6.92 Å². The van der Waals surface area contributed by atoms with E-state index in [-0.39, 0.29) is 5.97 Å². The van der Waals surface area contributed by atoms with E-state index >= 15 is 0 Å². The third-order valence-electron chi connectivity index (χ3n) is 0.877. The van der Waals surface area contributed by atoms with Crippen LogP contribution in [-0.4, -0.2) is 12.6 Å². The summed E-state index contributed by atoms with van der Waals surface area (Å²) in [6, 6.07) is 0. The molecule has 0 aromatic carbocycles. The minimum absolute atomic E-state index is 0.318. The third-order valence-corrected chi connectivity index (χ3v) is 0.877. The molecule has 0 unspecified atom stereocenters. The first-order chi connectivity index (χ1) is 5.31. The normalized spacial score (nSPS) is 10.6. The molecule has 0 fully saturated rings. The van der Waals surface area contributed by atoms with Crippen molar-refractivity contribution in [3.63, 3.8) is 0 Å². The zero-order valence-corrected chi connectivity index (χ0v) is 6.62. The van der Waals surface area contributed by atoms with Crippen LogP contribution in [-0.2, 0) is 9.53 Å². The smallest absolute Gasteiger partial charge is 0.330 e. The Balaban J connectivity index is 3.64. The predicted molar refractivity (Wildman–Crippen MR) is 45.1 cm³/mol. The maximum Gasteiger partial charge on any atom is 0.330 e. The Morgan fingerprint density at radius 3 is 2.73 bits per heavy atom. The van der Waals surface area contributed by atoms with Crippen LogP contribution in [0.5, 0.6) is 0 Å². The van der Waals surface area contributed by atoms with Gasteiger partial charge in [0, 0.05) is 6.08 Å². The zero-order valence-electron chi connectivity index (χ0n) is 6.62. The second-order valence-corrected chi connectivity index (χ2v) is 1.73. The van der Waals surface area contributed by atoms with E-state index in [4.69, 9.17) is 0 Å². The van der Waals surface area contributed by atoms with Crippen molar-refractivity contribution < 1.29 is 9.53 Å². The molecule has 0 aliphatic heterocycles. The van der Waals surface area contributed by atoms with Crippen LogP contribution in [0.1, 0.15) is 6.92 Å². The van der Waals surface area contributed by atoms with Gasteiger partial charge in [0.25, 0.3) is 0 Å². The van der Waals surface area contributed by atoms with Gasteiger partial charge in [0.2, 0.25) is 0 Å². The number of ether oxygens (including phenoxy) is 1. The average molecular weight is 152 g/mol. The van der Waals surface area contributed by atoms with Gasteiger partial charge in [0.05, 0.1) is 6.61 Å². The highest BCUT2D eigenvalue weighted by Gasteiger charge is 1.89. The lowest BCUT2D eigenvalue weighted by Crippen LogP contribution is -1.98. The Morgan fingerprint density at radius 2 is 2.18 bits per heavy atom. The summed E-state index contributed by atoms with van der Waals surface area (Å²) in [7, 11) is 0. The minimum atomic E-state index is -0.318. The van der Waals surface area contributed by atoms with Crippen molar-refractivity contribution in [2.75, 3.05) is 6.61 Å². The van der Waals surface area contributed by atoms with Crippen LogP contribution >= 0.6 is 0 Å². The molecule has 0 saturated heterocycles. The fourth-order valence-corrected chi connectivity index (χ4v) is 0.467. The minimum Gasteiger partial charge on any atom is -0.463 e. The van der Waals surface area contributed by atoms with Crippen molar-refractivity contribution in [3.05, 3.63) is 37.0 Å². The number of carbonyl (C=O) groups excluding carboxylic acids is 1. The summed E-state index contributed by atoms with van der Waals surface area (Å²) < 4.78 is 4.64. The van der Waals surface area contributed by atoms with E-state index < -0.39 is 0 Å². The molecule has 0 N–H and O–H groups in total. The van der Waals surface area contributed by atoms with Gasteiger partial charge in [-0.3, -0.25) is 0 Å². The Morgan fingerprint density at radius 1 is 1.45 bits per heavy atom. The first kappa shape index (κ1) is 9.69. The van der Waals surface area contributed by atoms with Gasteiger partial charge in [-0.2, -0.15) is 0 Å². The summed E-state index contributed by atoms with van der Waals surface area (Å²) in [5.74, 6) is -0.318. The predicted octanol–water partition coefficient (Wildman–Crippen LogP) is 1.85. The lowest BCUT2D eigenvalue weighted by Gasteiger charge is -1.92. The molecule has 60 valence electrons. The van der Waals surface area contributed by atoms with Crippen molar-refractivity contribution in [3.8, 4) is 0 Å². The van der Waals surface area contributed by atoms with Gasteiger partial charge < -0.3 is 4.74 Å². The Bertz CT molecular complexity index is 178. The Kier molecular flexibility index (Phi) is 5.99. The standard InChI is InChI=1S/C9H12O2/c1-3-5-6-7-8-9(10)11-4-2/h3,5-8H,1,4H2,2H3. The molecular formula is C9H12O2. The molecule has 0 aromatic rings. The summed E-state index contributed by atoms with van der Waals surface area (Å²) >= 11 is 0. The average Bonchev–Trinajstić information content (AvgIpc) is 1.99. The van der Waals surface area contributed by atoms with Gasteiger partial charge in [-0.1, -0.05) is 30.9 Å². The molecule has 0 bridgehead atoms. The number of hydrogen-bond acceptors (Lipinski definition) is 2. The number of carbonyl (C=O) groups is 1. The zero-order chi connectivity index (χ0) is 8.53. The highest BCUT2D eigenvalue weighted by molar-refractivity contribution is 5.82. The second-order valence-electron chi connectivity index (χ2n) is 1.73. The van der Waals surface area contributed by atoms with E-state index in [1.165, 1.54) is 6.08 Å². The second kappa shape index (κ2) is 6.81. The summed E-state index contributed by atoms with van der Waals surface area (Å²) in [6.45, 7) is 5.66. The molecule has 0 amide bonds. The number of esters is 1. The first-order valence-electron chi connectivity index (χ1n) is 3.43. The van der Waals surface area contributed by atoms with Gasteiger partial charge >= 0.3 is 5.97 Å². The Labute approximate surface area is 66.9 Å². The lowest BCUT2D eigenvalue weighted by atomic mass is 10.4. The molecular weight excluding hydrogens is 140 g/mol. The van der Waals surface area contributed by atoms with Crippen LogP contribution < -0.4 is 0 Å². The molecule has 2 heteroatoms. The van der Waals surface area contributed by atoms with Gasteiger partial charge in [-0.15, -0.1) is 0 Å². The Hall–Kier alpha value is -1.31. The van der Waals surface area contributed by atoms with E-state index in [1.54, 1.807) is 31.2 Å². The molecule has 0 aliphatic carbocycles. The molecule has 0 aromatic heterocycles. The maximum atomic E-state index is 10.6. The lowest BCUT2D eigenvalue weighted by molar-refractivity contribution is -0.137. The quantitative estimate of drug-likeness (QED) is 0.349. The van der Waals surface area contributed by atoms with Crippen molar-refractivity contribution in [1.82, 2.24) is 0 Å². The first-order valence-corrected chi connectivity index (χ1v) is 3.43. The number of allylic oxidation sites excluding steroid dienone is 4. The van der Waals surface area contributed by atoms with E-state index in [2.05, 4.69) is 11.3 Å². The molecule has 0 atom stereocenters. The summed E-state index contributed by atoms with van der Waals surface area (Å²) in [5, 5.41) is 0. The van der Waals surface area contributed by atoms with Crippen LogP contribution in [0, 0.1) is 0 Å². The SMILES string of the molecule is C=CC=CC=CC(=O)OCC. The van der Waals surface area contributed by atoms with E-state index in [1.807, 2.05) is 0 Å². The topological polar surface area (TPSA) is 26.3 Å². The van der Waals surface area contributed by atoms with E-state index in [0.717, 1.165) is 0 Å². The van der Waals surface area contributed by atoms with Gasteiger partial charge in [0.15, 0.2) is 0 Å². The number of rotatable bonds is 4. The van der Waals surface area contributed by atoms with Crippen LogP contribution in [0.3, 0.4) is 0 Å². The fraction of sp³-hybridized carbons (Fsp3) is 0.222. The maximum absolute atomic E-state index is 10.6.